The molecule has 0 bridgehead atoms. The fourth-order valence-corrected chi connectivity index (χ4v) is 3.76. The molecule has 0 aliphatic heterocycles. The normalized spacial score (nSPS) is 11.7. The van der Waals surface area contributed by atoms with Crippen molar-refractivity contribution < 1.29 is 28.6 Å². The van der Waals surface area contributed by atoms with E-state index in [1.807, 2.05) is 69.3 Å². The lowest BCUT2D eigenvalue weighted by molar-refractivity contribution is -0.141. The van der Waals surface area contributed by atoms with Gasteiger partial charge in [-0.1, -0.05) is 54.6 Å². The lowest BCUT2D eigenvalue weighted by atomic mass is 10.00. The monoisotopic (exact) mass is 532 g/mol. The van der Waals surface area contributed by atoms with Crippen LogP contribution in [0.5, 0.6) is 5.75 Å². The Morgan fingerprint density at radius 1 is 0.897 bits per heavy atom. The number of ether oxygens (including phenoxy) is 3. The molecule has 206 valence electrons. The minimum absolute atomic E-state index is 0.138. The third-order valence-corrected chi connectivity index (χ3v) is 5.79. The van der Waals surface area contributed by atoms with Gasteiger partial charge in [-0.15, -0.1) is 0 Å². The Bertz CT molecular complexity index is 1250. The molecule has 0 saturated carbocycles. The number of nitrogens with one attached hydrogen (secondary N) is 1. The molecule has 3 rings (SSSR count). The van der Waals surface area contributed by atoms with Crippen LogP contribution in [-0.4, -0.2) is 61.7 Å². The summed E-state index contributed by atoms with van der Waals surface area (Å²) in [6, 6.07) is 22.7. The minimum Gasteiger partial charge on any atom is -0.492 e. The number of benzene rings is 3. The number of methoxy groups -OCH3 is 1. The van der Waals surface area contributed by atoms with Crippen molar-refractivity contribution in [1.82, 2.24) is 4.90 Å². The van der Waals surface area contributed by atoms with E-state index < -0.39 is 23.7 Å². The molecular formula is C31H36N2O6. The molecule has 0 heterocycles. The van der Waals surface area contributed by atoms with Crippen LogP contribution in [0.2, 0.25) is 0 Å². The van der Waals surface area contributed by atoms with E-state index in [1.54, 1.807) is 37.4 Å². The second kappa shape index (κ2) is 13.5. The molecule has 1 atom stereocenters. The van der Waals surface area contributed by atoms with E-state index in [0.29, 0.717) is 42.1 Å². The van der Waals surface area contributed by atoms with Gasteiger partial charge in [0.25, 0.3) is 0 Å². The summed E-state index contributed by atoms with van der Waals surface area (Å²) in [6.07, 6.45) is -0.0720. The Morgan fingerprint density at radius 2 is 1.54 bits per heavy atom. The first kappa shape index (κ1) is 29.2. The van der Waals surface area contributed by atoms with Gasteiger partial charge in [0.15, 0.2) is 5.78 Å². The number of hydrogen-bond acceptors (Lipinski definition) is 7. The largest absolute Gasteiger partial charge is 0.492 e. The van der Waals surface area contributed by atoms with Crippen molar-refractivity contribution in [1.29, 1.82) is 0 Å². The number of anilines is 1. The Morgan fingerprint density at radius 3 is 2.18 bits per heavy atom. The van der Waals surface area contributed by atoms with Crippen LogP contribution in [0.1, 0.15) is 42.3 Å². The fraction of sp³-hybridized carbons (Fsp3) is 0.323. The van der Waals surface area contributed by atoms with E-state index in [1.165, 1.54) is 12.0 Å². The molecule has 0 aliphatic rings. The van der Waals surface area contributed by atoms with Crippen molar-refractivity contribution in [3.8, 4) is 5.75 Å². The van der Waals surface area contributed by atoms with Crippen molar-refractivity contribution in [2.75, 3.05) is 32.6 Å². The highest BCUT2D eigenvalue weighted by atomic mass is 16.6. The van der Waals surface area contributed by atoms with E-state index in [9.17, 15) is 14.4 Å². The summed E-state index contributed by atoms with van der Waals surface area (Å²) >= 11 is 0. The molecule has 0 aliphatic carbocycles. The van der Waals surface area contributed by atoms with Gasteiger partial charge in [-0.3, -0.25) is 4.79 Å². The van der Waals surface area contributed by atoms with Gasteiger partial charge in [0.1, 0.15) is 24.0 Å². The van der Waals surface area contributed by atoms with E-state index >= 15 is 0 Å². The van der Waals surface area contributed by atoms with E-state index in [-0.39, 0.29) is 5.78 Å². The zero-order valence-corrected chi connectivity index (χ0v) is 23.1. The van der Waals surface area contributed by atoms with Gasteiger partial charge in [0, 0.05) is 30.3 Å². The number of nitrogens with zero attached hydrogens (tertiary/aromatic N) is 1. The SMILES string of the molecule is COC(=O)C(Cc1ccc(OCCN(C)C(=O)OC(C)(C)C)cc1)Nc1ccccc1C(=O)c1ccccc1. The van der Waals surface area contributed by atoms with Gasteiger partial charge >= 0.3 is 12.1 Å². The molecule has 0 saturated heterocycles. The Labute approximate surface area is 229 Å². The molecule has 39 heavy (non-hydrogen) atoms. The average Bonchev–Trinajstić information content (AvgIpc) is 2.92. The van der Waals surface area contributed by atoms with Gasteiger partial charge in [0.2, 0.25) is 0 Å². The lowest BCUT2D eigenvalue weighted by Gasteiger charge is -2.24. The van der Waals surface area contributed by atoms with Crippen molar-refractivity contribution in [3.05, 3.63) is 95.6 Å². The summed E-state index contributed by atoms with van der Waals surface area (Å²) in [6.45, 7) is 6.13. The van der Waals surface area contributed by atoms with Crippen LogP contribution in [0, 0.1) is 0 Å². The number of likely N-dealkylation sites (N-methyl/N-ethyl adjacent to an activating group) is 1. The zero-order chi connectivity index (χ0) is 28.4. The molecule has 3 aromatic rings. The van der Waals surface area contributed by atoms with Crippen LogP contribution < -0.4 is 10.1 Å². The van der Waals surface area contributed by atoms with Crippen LogP contribution in [0.3, 0.4) is 0 Å². The molecule has 0 fully saturated rings. The highest BCUT2D eigenvalue weighted by Gasteiger charge is 2.23. The molecular weight excluding hydrogens is 496 g/mol. The number of amides is 1. The lowest BCUT2D eigenvalue weighted by Crippen LogP contribution is -2.36. The maximum Gasteiger partial charge on any atom is 0.410 e. The van der Waals surface area contributed by atoms with Crippen molar-refractivity contribution in [2.45, 2.75) is 38.8 Å². The van der Waals surface area contributed by atoms with Crippen LogP contribution in [-0.2, 0) is 20.7 Å². The number of rotatable bonds is 11. The standard InChI is InChI=1S/C31H36N2O6/c1-31(2,3)39-30(36)33(4)19-20-38-24-17-15-22(16-18-24)21-27(29(35)37-5)32-26-14-10-9-13-25(26)28(34)23-11-7-6-8-12-23/h6-18,27,32H,19-21H2,1-5H3. The smallest absolute Gasteiger partial charge is 0.410 e. The number of carbonyl (C=O) groups excluding carboxylic acids is 3. The summed E-state index contributed by atoms with van der Waals surface area (Å²) in [5, 5.41) is 3.21. The van der Waals surface area contributed by atoms with Crippen molar-refractivity contribution >= 4 is 23.5 Å². The predicted molar refractivity (Wildman–Crippen MR) is 150 cm³/mol. The fourth-order valence-electron chi connectivity index (χ4n) is 3.76. The maximum absolute atomic E-state index is 13.1. The summed E-state index contributed by atoms with van der Waals surface area (Å²) < 4.78 is 16.1. The maximum atomic E-state index is 13.1. The molecule has 3 aromatic carbocycles. The van der Waals surface area contributed by atoms with E-state index in [0.717, 1.165) is 5.56 Å². The van der Waals surface area contributed by atoms with Gasteiger partial charge in [-0.2, -0.15) is 0 Å². The molecule has 1 N–H and O–H groups in total. The number of carbonyl (C=O) groups is 3. The van der Waals surface area contributed by atoms with Gasteiger partial charge in [-0.25, -0.2) is 9.59 Å². The van der Waals surface area contributed by atoms with Crippen molar-refractivity contribution in [2.24, 2.45) is 0 Å². The molecule has 8 heteroatoms. The summed E-state index contributed by atoms with van der Waals surface area (Å²) in [7, 11) is 3.00. The molecule has 0 radical (unpaired) electrons. The zero-order valence-electron chi connectivity index (χ0n) is 23.1. The number of esters is 1. The Kier molecular flexibility index (Phi) is 10.1. The topological polar surface area (TPSA) is 94.2 Å². The average molecular weight is 533 g/mol. The first-order valence-electron chi connectivity index (χ1n) is 12.8. The number of ketones is 1. The number of hydrogen-bond donors (Lipinski definition) is 1. The molecule has 0 aromatic heterocycles. The van der Waals surface area contributed by atoms with Crippen LogP contribution in [0.15, 0.2) is 78.9 Å². The Balaban J connectivity index is 1.63. The second-order valence-corrected chi connectivity index (χ2v) is 10.1. The Hall–Kier alpha value is -4.33. The van der Waals surface area contributed by atoms with E-state index in [4.69, 9.17) is 14.2 Å². The molecule has 0 spiro atoms. The van der Waals surface area contributed by atoms with Crippen molar-refractivity contribution in [3.63, 3.8) is 0 Å². The van der Waals surface area contributed by atoms with Gasteiger partial charge in [0.05, 0.1) is 13.7 Å². The first-order chi connectivity index (χ1) is 18.6. The quantitative estimate of drug-likeness (QED) is 0.262. The molecule has 1 unspecified atom stereocenters. The van der Waals surface area contributed by atoms with Gasteiger partial charge < -0.3 is 24.4 Å². The third-order valence-electron chi connectivity index (χ3n) is 5.79. The highest BCUT2D eigenvalue weighted by molar-refractivity contribution is 6.12. The predicted octanol–water partition coefficient (Wildman–Crippen LogP) is 5.36. The molecule has 1 amide bonds. The van der Waals surface area contributed by atoms with Crippen LogP contribution >= 0.6 is 0 Å². The van der Waals surface area contributed by atoms with Crippen LogP contribution in [0.4, 0.5) is 10.5 Å². The summed E-state index contributed by atoms with van der Waals surface area (Å²) in [5.74, 6) is 0.0568. The minimum atomic E-state index is -0.714. The van der Waals surface area contributed by atoms with E-state index in [2.05, 4.69) is 5.32 Å². The highest BCUT2D eigenvalue weighted by Crippen LogP contribution is 2.22. The summed E-state index contributed by atoms with van der Waals surface area (Å²) in [4.78, 5) is 39.3. The van der Waals surface area contributed by atoms with Crippen LogP contribution in [0.25, 0.3) is 0 Å². The number of para-hydroxylation sites is 1. The third kappa shape index (κ3) is 8.88. The molecule has 8 nitrogen and oxygen atoms in total. The summed E-state index contributed by atoms with van der Waals surface area (Å²) in [5.41, 5.74) is 1.91. The first-order valence-corrected chi connectivity index (χ1v) is 12.8. The van der Waals surface area contributed by atoms with Gasteiger partial charge in [-0.05, 0) is 50.6 Å². The second-order valence-electron chi connectivity index (χ2n) is 10.1.